The van der Waals surface area contributed by atoms with Crippen molar-refractivity contribution >= 4 is 6.03 Å². The number of carbonyl (C=O) groups excluding carboxylic acids is 1. The Morgan fingerprint density at radius 2 is 2.33 bits per heavy atom. The van der Waals surface area contributed by atoms with Gasteiger partial charge in [-0.15, -0.1) is 6.58 Å². The molecule has 0 spiro atoms. The molecule has 0 rings (SSSR count). The number of hydrogen-bond donors (Lipinski definition) is 1. The zero-order chi connectivity index (χ0) is 7.28. The third-order valence-corrected chi connectivity index (χ3v) is 0.804. The maximum absolute atomic E-state index is 10.7. The molecule has 0 aliphatic rings. The molecule has 0 saturated carbocycles. The van der Waals surface area contributed by atoms with Crippen molar-refractivity contribution in [2.45, 2.75) is 0 Å². The van der Waals surface area contributed by atoms with Crippen molar-refractivity contribution < 1.29 is 4.79 Å². The van der Waals surface area contributed by atoms with Gasteiger partial charge in [-0.05, 0) is 0 Å². The van der Waals surface area contributed by atoms with Gasteiger partial charge in [0.2, 0.25) is 0 Å². The van der Waals surface area contributed by atoms with Crippen molar-refractivity contribution in [2.24, 2.45) is 0 Å². The van der Waals surface area contributed by atoms with Gasteiger partial charge in [0.25, 0.3) is 0 Å². The molecule has 0 aliphatic heterocycles. The van der Waals surface area contributed by atoms with Crippen LogP contribution in [0.1, 0.15) is 0 Å². The molecule has 0 aromatic carbocycles. The first-order valence-corrected chi connectivity index (χ1v) is 2.74. The molecule has 0 bridgehead atoms. The molecule has 0 aromatic heterocycles. The van der Waals surface area contributed by atoms with Crippen molar-refractivity contribution in [3.05, 3.63) is 12.7 Å². The van der Waals surface area contributed by atoms with Crippen molar-refractivity contribution in [1.29, 1.82) is 0 Å². The highest BCUT2D eigenvalue weighted by atomic mass is 16.2. The fourth-order valence-corrected chi connectivity index (χ4v) is 0.318. The second-order valence-electron chi connectivity index (χ2n) is 1.87. The Balaban J connectivity index is 3.38. The molecule has 0 radical (unpaired) electrons. The molecular weight excluding hydrogens is 116 g/mol. The summed E-state index contributed by atoms with van der Waals surface area (Å²) < 4.78 is 0. The topological polar surface area (TPSA) is 32.3 Å². The largest absolute Gasteiger partial charge is 0.335 e. The molecule has 3 heteroatoms. The summed E-state index contributed by atoms with van der Waals surface area (Å²) in [6, 6.07) is -0.0881. The van der Waals surface area contributed by atoms with E-state index >= 15 is 0 Å². The number of amides is 2. The monoisotopic (exact) mass is 128 g/mol. The molecular formula is C6H12N2O. The first-order valence-electron chi connectivity index (χ1n) is 2.74. The normalized spacial score (nSPS) is 8.22. The minimum atomic E-state index is -0.0881. The summed E-state index contributed by atoms with van der Waals surface area (Å²) in [6.07, 6.45) is 1.64. The highest BCUT2D eigenvalue weighted by Gasteiger charge is 1.97. The molecule has 0 heterocycles. The van der Waals surface area contributed by atoms with Gasteiger partial charge in [0.1, 0.15) is 0 Å². The number of rotatable bonds is 2. The smallest absolute Gasteiger partial charge is 0.317 e. The third-order valence-electron chi connectivity index (χ3n) is 0.804. The van der Waals surface area contributed by atoms with E-state index in [0.717, 1.165) is 0 Å². The van der Waals surface area contributed by atoms with Crippen LogP contribution in [0.15, 0.2) is 12.7 Å². The van der Waals surface area contributed by atoms with Crippen LogP contribution in [0.2, 0.25) is 0 Å². The summed E-state index contributed by atoms with van der Waals surface area (Å²) in [6.45, 7) is 3.98. The van der Waals surface area contributed by atoms with Gasteiger partial charge < -0.3 is 10.2 Å². The van der Waals surface area contributed by atoms with E-state index in [1.807, 2.05) is 0 Å². The summed E-state index contributed by atoms with van der Waals surface area (Å²) in [5, 5.41) is 2.60. The predicted octanol–water partition coefficient (Wildman–Crippen LogP) is 0.444. The second-order valence-corrected chi connectivity index (χ2v) is 1.87. The number of nitrogens with zero attached hydrogens (tertiary/aromatic N) is 1. The Morgan fingerprint density at radius 1 is 1.78 bits per heavy atom. The summed E-state index contributed by atoms with van der Waals surface area (Å²) in [4.78, 5) is 12.1. The SMILES string of the molecule is C=CCNC(=O)N(C)C. The lowest BCUT2D eigenvalue weighted by atomic mass is 10.6. The third kappa shape index (κ3) is 3.58. The van der Waals surface area contributed by atoms with Gasteiger partial charge in [0.05, 0.1) is 0 Å². The van der Waals surface area contributed by atoms with Gasteiger partial charge in [0.15, 0.2) is 0 Å². The number of carbonyl (C=O) groups is 1. The highest BCUT2D eigenvalue weighted by Crippen LogP contribution is 1.74. The minimum absolute atomic E-state index is 0.0881. The number of hydrogen-bond acceptors (Lipinski definition) is 1. The van der Waals surface area contributed by atoms with Crippen LogP contribution in [-0.4, -0.2) is 31.6 Å². The first-order chi connectivity index (χ1) is 4.18. The van der Waals surface area contributed by atoms with E-state index < -0.39 is 0 Å². The molecule has 0 fully saturated rings. The Hall–Kier alpha value is -0.990. The Labute approximate surface area is 55.3 Å². The molecule has 1 N–H and O–H groups in total. The van der Waals surface area contributed by atoms with E-state index in [-0.39, 0.29) is 6.03 Å². The maximum Gasteiger partial charge on any atom is 0.317 e. The lowest BCUT2D eigenvalue weighted by Gasteiger charge is -2.09. The van der Waals surface area contributed by atoms with Gasteiger partial charge in [-0.25, -0.2) is 4.79 Å². The van der Waals surface area contributed by atoms with Gasteiger partial charge in [-0.3, -0.25) is 0 Å². The van der Waals surface area contributed by atoms with Gasteiger partial charge >= 0.3 is 6.03 Å². The fourth-order valence-electron chi connectivity index (χ4n) is 0.318. The molecule has 9 heavy (non-hydrogen) atoms. The Morgan fingerprint density at radius 3 is 2.67 bits per heavy atom. The molecule has 0 unspecified atom stereocenters. The maximum atomic E-state index is 10.7. The van der Waals surface area contributed by atoms with Crippen LogP contribution in [-0.2, 0) is 0 Å². The van der Waals surface area contributed by atoms with E-state index in [9.17, 15) is 4.79 Å². The van der Waals surface area contributed by atoms with Gasteiger partial charge in [0, 0.05) is 20.6 Å². The number of urea groups is 1. The van der Waals surface area contributed by atoms with E-state index in [0.29, 0.717) is 6.54 Å². The molecule has 0 saturated heterocycles. The summed E-state index contributed by atoms with van der Waals surface area (Å²) in [5.41, 5.74) is 0. The summed E-state index contributed by atoms with van der Waals surface area (Å²) in [7, 11) is 3.39. The Kier molecular flexibility index (Phi) is 3.51. The Bertz CT molecular complexity index is 110. The van der Waals surface area contributed by atoms with Gasteiger partial charge in [-0.2, -0.15) is 0 Å². The number of nitrogens with one attached hydrogen (secondary N) is 1. The van der Waals surface area contributed by atoms with E-state index in [4.69, 9.17) is 0 Å². The minimum Gasteiger partial charge on any atom is -0.335 e. The quantitative estimate of drug-likeness (QED) is 0.538. The van der Waals surface area contributed by atoms with Crippen LogP contribution in [0.5, 0.6) is 0 Å². The standard InChI is InChI=1S/C6H12N2O/c1-4-5-7-6(9)8(2)3/h4H,1,5H2,2-3H3,(H,7,9). The lowest BCUT2D eigenvalue weighted by molar-refractivity contribution is 0.218. The highest BCUT2D eigenvalue weighted by molar-refractivity contribution is 5.73. The van der Waals surface area contributed by atoms with E-state index in [2.05, 4.69) is 11.9 Å². The summed E-state index contributed by atoms with van der Waals surface area (Å²) in [5.74, 6) is 0. The molecule has 2 amide bonds. The van der Waals surface area contributed by atoms with Crippen molar-refractivity contribution in [1.82, 2.24) is 10.2 Å². The average molecular weight is 128 g/mol. The average Bonchev–Trinajstić information content (AvgIpc) is 1.82. The van der Waals surface area contributed by atoms with Crippen molar-refractivity contribution in [2.75, 3.05) is 20.6 Å². The molecule has 0 atom stereocenters. The van der Waals surface area contributed by atoms with Crippen molar-refractivity contribution in [3.8, 4) is 0 Å². The second kappa shape index (κ2) is 3.95. The zero-order valence-corrected chi connectivity index (χ0v) is 5.85. The van der Waals surface area contributed by atoms with E-state index in [1.54, 1.807) is 20.2 Å². The van der Waals surface area contributed by atoms with Crippen LogP contribution >= 0.6 is 0 Å². The van der Waals surface area contributed by atoms with Crippen LogP contribution < -0.4 is 5.32 Å². The molecule has 52 valence electrons. The first kappa shape index (κ1) is 8.01. The lowest BCUT2D eigenvalue weighted by Crippen LogP contribution is -2.34. The summed E-state index contributed by atoms with van der Waals surface area (Å²) >= 11 is 0. The fraction of sp³-hybridized carbons (Fsp3) is 0.500. The van der Waals surface area contributed by atoms with Crippen LogP contribution in [0.4, 0.5) is 4.79 Å². The van der Waals surface area contributed by atoms with E-state index in [1.165, 1.54) is 4.90 Å². The molecule has 0 aromatic rings. The van der Waals surface area contributed by atoms with Crippen LogP contribution in [0.3, 0.4) is 0 Å². The predicted molar refractivity (Wildman–Crippen MR) is 37.3 cm³/mol. The molecule has 0 aliphatic carbocycles. The van der Waals surface area contributed by atoms with Crippen molar-refractivity contribution in [3.63, 3.8) is 0 Å². The molecule has 3 nitrogen and oxygen atoms in total. The zero-order valence-electron chi connectivity index (χ0n) is 5.85. The van der Waals surface area contributed by atoms with Crippen LogP contribution in [0.25, 0.3) is 0 Å². The van der Waals surface area contributed by atoms with Gasteiger partial charge in [-0.1, -0.05) is 6.08 Å². The van der Waals surface area contributed by atoms with Crippen LogP contribution in [0, 0.1) is 0 Å².